The van der Waals surface area contributed by atoms with Crippen LogP contribution in [0.5, 0.6) is 5.75 Å². The monoisotopic (exact) mass is 311 g/mol. The summed E-state index contributed by atoms with van der Waals surface area (Å²) in [5.74, 6) is 0.621. The van der Waals surface area contributed by atoms with Crippen molar-refractivity contribution in [1.82, 2.24) is 5.32 Å². The lowest BCUT2D eigenvalue weighted by Gasteiger charge is -2.16. The van der Waals surface area contributed by atoms with E-state index >= 15 is 0 Å². The maximum atomic E-state index is 12.1. The second kappa shape index (κ2) is 7.82. The van der Waals surface area contributed by atoms with Crippen LogP contribution in [0.4, 0.5) is 0 Å². The number of carbonyl (C=O) groups is 1. The van der Waals surface area contributed by atoms with E-state index in [1.54, 1.807) is 0 Å². The van der Waals surface area contributed by atoms with Crippen molar-refractivity contribution in [2.24, 2.45) is 0 Å². The highest BCUT2D eigenvalue weighted by Gasteiger charge is 2.11. The average molecular weight is 311 g/mol. The summed E-state index contributed by atoms with van der Waals surface area (Å²) < 4.78 is 5.58. The Bertz CT molecular complexity index is 679. The fourth-order valence-corrected chi connectivity index (χ4v) is 2.40. The molecule has 1 amide bonds. The number of hydrogen-bond donors (Lipinski definition) is 1. The van der Waals surface area contributed by atoms with E-state index in [1.165, 1.54) is 16.7 Å². The smallest absolute Gasteiger partial charge is 0.258 e. The molecule has 0 spiro atoms. The Hall–Kier alpha value is -2.29. The first-order valence-corrected chi connectivity index (χ1v) is 8.08. The standard InChI is InChI=1S/C20H25NO2/c1-5-17-7-6-8-19(12-17)23-13-20(22)21-16(4)18-10-9-14(2)15(3)11-18/h6-12,16H,5,13H2,1-4H3,(H,21,22). The molecule has 0 aliphatic carbocycles. The van der Waals surface area contributed by atoms with Gasteiger partial charge in [0.05, 0.1) is 6.04 Å². The molecule has 0 heterocycles. The Labute approximate surface area is 138 Å². The van der Waals surface area contributed by atoms with Gasteiger partial charge in [-0.25, -0.2) is 0 Å². The molecule has 0 bridgehead atoms. The summed E-state index contributed by atoms with van der Waals surface area (Å²) in [6.45, 7) is 8.27. The Balaban J connectivity index is 1.89. The minimum absolute atomic E-state index is 0.0301. The summed E-state index contributed by atoms with van der Waals surface area (Å²) in [5, 5.41) is 2.98. The quantitative estimate of drug-likeness (QED) is 0.871. The van der Waals surface area contributed by atoms with Crippen molar-refractivity contribution in [2.45, 2.75) is 40.2 Å². The first kappa shape index (κ1) is 17.1. The molecule has 0 fully saturated rings. The van der Waals surface area contributed by atoms with Crippen LogP contribution >= 0.6 is 0 Å². The van der Waals surface area contributed by atoms with Crippen LogP contribution in [0.2, 0.25) is 0 Å². The van der Waals surface area contributed by atoms with Crippen LogP contribution in [0.15, 0.2) is 42.5 Å². The largest absolute Gasteiger partial charge is 0.484 e. The molecule has 0 aliphatic rings. The normalized spacial score (nSPS) is 11.8. The van der Waals surface area contributed by atoms with Gasteiger partial charge in [-0.1, -0.05) is 37.3 Å². The highest BCUT2D eigenvalue weighted by Crippen LogP contribution is 2.17. The van der Waals surface area contributed by atoms with Crippen molar-refractivity contribution < 1.29 is 9.53 Å². The van der Waals surface area contributed by atoms with Crippen molar-refractivity contribution in [1.29, 1.82) is 0 Å². The number of benzene rings is 2. The maximum absolute atomic E-state index is 12.1. The topological polar surface area (TPSA) is 38.3 Å². The Morgan fingerprint density at radius 3 is 2.61 bits per heavy atom. The summed E-state index contributed by atoms with van der Waals surface area (Å²) in [6.07, 6.45) is 0.952. The van der Waals surface area contributed by atoms with E-state index in [2.05, 4.69) is 50.4 Å². The van der Waals surface area contributed by atoms with E-state index in [1.807, 2.05) is 25.1 Å². The van der Waals surface area contributed by atoms with Crippen molar-refractivity contribution in [3.8, 4) is 5.75 Å². The van der Waals surface area contributed by atoms with Crippen LogP contribution in [-0.2, 0) is 11.2 Å². The number of amides is 1. The van der Waals surface area contributed by atoms with Crippen LogP contribution in [0.3, 0.4) is 0 Å². The number of ether oxygens (including phenoxy) is 1. The van der Waals surface area contributed by atoms with E-state index in [0.29, 0.717) is 0 Å². The number of rotatable bonds is 6. The molecule has 2 rings (SSSR count). The predicted molar refractivity (Wildman–Crippen MR) is 93.8 cm³/mol. The lowest BCUT2D eigenvalue weighted by molar-refractivity contribution is -0.123. The molecular formula is C20H25NO2. The van der Waals surface area contributed by atoms with Gasteiger partial charge in [0.1, 0.15) is 5.75 Å². The summed E-state index contributed by atoms with van der Waals surface area (Å²) in [7, 11) is 0. The molecule has 122 valence electrons. The van der Waals surface area contributed by atoms with Crippen molar-refractivity contribution in [2.75, 3.05) is 6.61 Å². The number of hydrogen-bond acceptors (Lipinski definition) is 2. The van der Waals surface area contributed by atoms with Gasteiger partial charge in [0.15, 0.2) is 6.61 Å². The first-order chi connectivity index (χ1) is 11.0. The number of aryl methyl sites for hydroxylation is 3. The Morgan fingerprint density at radius 1 is 1.13 bits per heavy atom. The Kier molecular flexibility index (Phi) is 5.80. The third-order valence-corrected chi connectivity index (χ3v) is 4.09. The lowest BCUT2D eigenvalue weighted by atomic mass is 10.0. The van der Waals surface area contributed by atoms with Gasteiger partial charge < -0.3 is 10.1 Å². The highest BCUT2D eigenvalue weighted by atomic mass is 16.5. The van der Waals surface area contributed by atoms with Crippen LogP contribution in [0.1, 0.15) is 42.1 Å². The molecule has 2 aromatic rings. The van der Waals surface area contributed by atoms with Crippen LogP contribution in [0.25, 0.3) is 0 Å². The number of nitrogens with one attached hydrogen (secondary N) is 1. The molecule has 0 saturated carbocycles. The molecule has 0 aliphatic heterocycles. The third-order valence-electron chi connectivity index (χ3n) is 4.09. The SMILES string of the molecule is CCc1cccc(OCC(=O)NC(C)c2ccc(C)c(C)c2)c1. The summed E-state index contributed by atoms with van der Waals surface area (Å²) in [6, 6.07) is 14.1. The molecule has 1 N–H and O–H groups in total. The van der Waals surface area contributed by atoms with Crippen molar-refractivity contribution in [3.63, 3.8) is 0 Å². The molecule has 23 heavy (non-hydrogen) atoms. The van der Waals surface area contributed by atoms with Gasteiger partial charge in [0, 0.05) is 0 Å². The van der Waals surface area contributed by atoms with Gasteiger partial charge in [-0.15, -0.1) is 0 Å². The molecule has 1 unspecified atom stereocenters. The van der Waals surface area contributed by atoms with Crippen LogP contribution < -0.4 is 10.1 Å². The third kappa shape index (κ3) is 4.85. The molecular weight excluding hydrogens is 286 g/mol. The highest BCUT2D eigenvalue weighted by molar-refractivity contribution is 5.78. The second-order valence-corrected chi connectivity index (χ2v) is 5.92. The minimum atomic E-state index is -0.113. The van der Waals surface area contributed by atoms with E-state index in [4.69, 9.17) is 4.74 Å². The molecule has 0 radical (unpaired) electrons. The van der Waals surface area contributed by atoms with Gasteiger partial charge in [0.2, 0.25) is 0 Å². The van der Waals surface area contributed by atoms with Crippen molar-refractivity contribution >= 4 is 5.91 Å². The fraction of sp³-hybridized carbons (Fsp3) is 0.350. The van der Waals surface area contributed by atoms with Crippen LogP contribution in [-0.4, -0.2) is 12.5 Å². The summed E-state index contributed by atoms with van der Waals surface area (Å²) >= 11 is 0. The molecule has 0 saturated heterocycles. The number of carbonyl (C=O) groups excluding carboxylic acids is 1. The van der Waals surface area contributed by atoms with E-state index in [-0.39, 0.29) is 18.6 Å². The van der Waals surface area contributed by atoms with Gasteiger partial charge in [-0.05, 0) is 61.6 Å². The molecule has 0 aromatic heterocycles. The molecule has 3 heteroatoms. The summed E-state index contributed by atoms with van der Waals surface area (Å²) in [4.78, 5) is 12.1. The van der Waals surface area contributed by atoms with E-state index < -0.39 is 0 Å². The molecule has 1 atom stereocenters. The second-order valence-electron chi connectivity index (χ2n) is 5.92. The molecule has 3 nitrogen and oxygen atoms in total. The maximum Gasteiger partial charge on any atom is 0.258 e. The molecule has 2 aromatic carbocycles. The zero-order valence-electron chi connectivity index (χ0n) is 14.3. The zero-order valence-corrected chi connectivity index (χ0v) is 14.3. The van der Waals surface area contributed by atoms with Crippen LogP contribution in [0, 0.1) is 13.8 Å². The van der Waals surface area contributed by atoms with Gasteiger partial charge in [0.25, 0.3) is 5.91 Å². The summed E-state index contributed by atoms with van der Waals surface area (Å²) in [5.41, 5.74) is 4.79. The predicted octanol–water partition coefficient (Wildman–Crippen LogP) is 4.12. The lowest BCUT2D eigenvalue weighted by Crippen LogP contribution is -2.31. The Morgan fingerprint density at radius 2 is 1.91 bits per heavy atom. The van der Waals surface area contributed by atoms with Gasteiger partial charge in [-0.3, -0.25) is 4.79 Å². The fourth-order valence-electron chi connectivity index (χ4n) is 2.40. The van der Waals surface area contributed by atoms with E-state index in [0.717, 1.165) is 17.7 Å². The first-order valence-electron chi connectivity index (χ1n) is 8.08. The van der Waals surface area contributed by atoms with Crippen molar-refractivity contribution in [3.05, 3.63) is 64.7 Å². The average Bonchev–Trinajstić information content (AvgIpc) is 2.55. The minimum Gasteiger partial charge on any atom is -0.484 e. The van der Waals surface area contributed by atoms with Gasteiger partial charge in [-0.2, -0.15) is 0 Å². The van der Waals surface area contributed by atoms with Gasteiger partial charge >= 0.3 is 0 Å². The van der Waals surface area contributed by atoms with E-state index in [9.17, 15) is 4.79 Å². The zero-order chi connectivity index (χ0) is 16.8.